The molecule has 2 aliphatic carbocycles. The molecule has 1 N–H and O–H groups in total. The number of methoxy groups -OCH3 is 2. The summed E-state index contributed by atoms with van der Waals surface area (Å²) in [6.07, 6.45) is 5.33. The molecular weight excluding hydrogens is 278 g/mol. The van der Waals surface area contributed by atoms with E-state index in [9.17, 15) is 4.79 Å². The molecule has 0 heterocycles. The van der Waals surface area contributed by atoms with Gasteiger partial charge in [-0.05, 0) is 56.1 Å². The highest BCUT2D eigenvalue weighted by molar-refractivity contribution is 5.98. The molecule has 2 aliphatic rings. The molecule has 1 aromatic rings. The molecule has 0 saturated heterocycles. The van der Waals surface area contributed by atoms with Gasteiger partial charge < -0.3 is 14.8 Å². The minimum Gasteiger partial charge on any atom is -0.493 e. The minimum absolute atomic E-state index is 0.0778. The lowest BCUT2D eigenvalue weighted by atomic mass is 9.84. The van der Waals surface area contributed by atoms with Crippen LogP contribution in [0.3, 0.4) is 0 Å². The Morgan fingerprint density at radius 2 is 2.05 bits per heavy atom. The van der Waals surface area contributed by atoms with E-state index in [2.05, 4.69) is 12.2 Å². The van der Waals surface area contributed by atoms with Gasteiger partial charge in [-0.3, -0.25) is 4.79 Å². The van der Waals surface area contributed by atoms with Crippen molar-refractivity contribution in [3.05, 3.63) is 23.8 Å². The zero-order valence-corrected chi connectivity index (χ0v) is 13.6. The largest absolute Gasteiger partial charge is 0.493 e. The maximum Gasteiger partial charge on any atom is 0.255 e. The minimum atomic E-state index is -0.0778. The molecule has 2 saturated carbocycles. The van der Waals surface area contributed by atoms with Crippen molar-refractivity contribution in [2.24, 2.45) is 17.8 Å². The van der Waals surface area contributed by atoms with Crippen molar-refractivity contribution in [3.8, 4) is 11.5 Å². The first-order chi connectivity index (χ1) is 10.6. The first kappa shape index (κ1) is 15.2. The summed E-state index contributed by atoms with van der Waals surface area (Å²) < 4.78 is 10.6. The van der Waals surface area contributed by atoms with Gasteiger partial charge in [0.05, 0.1) is 19.8 Å². The summed E-state index contributed by atoms with van der Waals surface area (Å²) in [6.45, 7) is 2.13. The number of para-hydroxylation sites is 1. The highest BCUT2D eigenvalue weighted by atomic mass is 16.5. The van der Waals surface area contributed by atoms with Gasteiger partial charge in [0, 0.05) is 6.04 Å². The number of fused-ring (bicyclic) bond motifs is 2. The Labute approximate surface area is 132 Å². The molecule has 2 fully saturated rings. The van der Waals surface area contributed by atoms with Crippen molar-refractivity contribution in [3.63, 3.8) is 0 Å². The number of amides is 1. The Morgan fingerprint density at radius 3 is 2.64 bits per heavy atom. The average molecular weight is 303 g/mol. The smallest absolute Gasteiger partial charge is 0.255 e. The van der Waals surface area contributed by atoms with Crippen LogP contribution in [-0.4, -0.2) is 26.2 Å². The van der Waals surface area contributed by atoms with E-state index in [0.717, 1.165) is 11.8 Å². The summed E-state index contributed by atoms with van der Waals surface area (Å²) in [7, 11) is 3.14. The molecule has 3 rings (SSSR count). The van der Waals surface area contributed by atoms with Gasteiger partial charge in [-0.15, -0.1) is 0 Å². The second kappa shape index (κ2) is 6.19. The average Bonchev–Trinajstić information content (AvgIpc) is 3.16. The van der Waals surface area contributed by atoms with E-state index >= 15 is 0 Å². The Hall–Kier alpha value is -1.71. The van der Waals surface area contributed by atoms with Crippen LogP contribution < -0.4 is 14.8 Å². The van der Waals surface area contributed by atoms with E-state index in [1.165, 1.54) is 25.7 Å². The van der Waals surface area contributed by atoms with Crippen LogP contribution in [0.4, 0.5) is 0 Å². The molecule has 1 amide bonds. The normalized spacial score (nSPS) is 27.5. The van der Waals surface area contributed by atoms with Crippen LogP contribution in [0.1, 0.15) is 43.0 Å². The molecule has 0 aromatic heterocycles. The Morgan fingerprint density at radius 1 is 1.23 bits per heavy atom. The molecule has 120 valence electrons. The molecule has 4 atom stereocenters. The van der Waals surface area contributed by atoms with Gasteiger partial charge in [-0.25, -0.2) is 0 Å². The third-order valence-corrected chi connectivity index (χ3v) is 5.44. The maximum atomic E-state index is 12.6. The van der Waals surface area contributed by atoms with Crippen LogP contribution in [0, 0.1) is 17.8 Å². The number of nitrogens with one attached hydrogen (secondary N) is 1. The summed E-state index contributed by atoms with van der Waals surface area (Å²) >= 11 is 0. The number of hydrogen-bond donors (Lipinski definition) is 1. The van der Waals surface area contributed by atoms with E-state index in [-0.39, 0.29) is 11.9 Å². The number of carbonyl (C=O) groups excluding carboxylic acids is 1. The van der Waals surface area contributed by atoms with Crippen molar-refractivity contribution in [2.75, 3.05) is 14.2 Å². The van der Waals surface area contributed by atoms with Gasteiger partial charge in [0.15, 0.2) is 11.5 Å². The Bertz CT molecular complexity index is 557. The number of rotatable bonds is 5. The number of ether oxygens (including phenoxy) is 2. The summed E-state index contributed by atoms with van der Waals surface area (Å²) in [5.41, 5.74) is 0.539. The van der Waals surface area contributed by atoms with Gasteiger partial charge in [0.25, 0.3) is 5.91 Å². The van der Waals surface area contributed by atoms with Gasteiger partial charge in [0.1, 0.15) is 0 Å². The highest BCUT2D eigenvalue weighted by Gasteiger charge is 2.42. The monoisotopic (exact) mass is 303 g/mol. The summed E-state index contributed by atoms with van der Waals surface area (Å²) in [5, 5.41) is 3.17. The van der Waals surface area contributed by atoms with E-state index in [0.29, 0.717) is 23.0 Å². The molecular formula is C18H25NO3. The number of carbonyl (C=O) groups is 1. The van der Waals surface area contributed by atoms with Crippen LogP contribution in [0.2, 0.25) is 0 Å². The summed E-state index contributed by atoms with van der Waals surface area (Å²) in [5.74, 6) is 3.32. The zero-order valence-electron chi connectivity index (χ0n) is 13.6. The number of hydrogen-bond acceptors (Lipinski definition) is 3. The fourth-order valence-electron chi connectivity index (χ4n) is 4.36. The molecule has 0 spiro atoms. The van der Waals surface area contributed by atoms with Crippen molar-refractivity contribution in [2.45, 2.75) is 38.6 Å². The molecule has 4 heteroatoms. The Balaban J connectivity index is 1.72. The van der Waals surface area contributed by atoms with E-state index in [4.69, 9.17) is 9.47 Å². The molecule has 4 nitrogen and oxygen atoms in total. The predicted molar refractivity (Wildman–Crippen MR) is 85.4 cm³/mol. The first-order valence-corrected chi connectivity index (χ1v) is 8.16. The van der Waals surface area contributed by atoms with Crippen molar-refractivity contribution < 1.29 is 14.3 Å². The quantitative estimate of drug-likeness (QED) is 0.908. The van der Waals surface area contributed by atoms with E-state index in [1.54, 1.807) is 26.4 Å². The van der Waals surface area contributed by atoms with Crippen LogP contribution >= 0.6 is 0 Å². The van der Waals surface area contributed by atoms with Crippen LogP contribution in [0.5, 0.6) is 11.5 Å². The molecule has 22 heavy (non-hydrogen) atoms. The summed E-state index contributed by atoms with van der Waals surface area (Å²) in [4.78, 5) is 12.6. The van der Waals surface area contributed by atoms with Crippen LogP contribution in [0.15, 0.2) is 18.2 Å². The van der Waals surface area contributed by atoms with Crippen molar-refractivity contribution in [1.29, 1.82) is 0 Å². The third kappa shape index (κ3) is 2.67. The van der Waals surface area contributed by atoms with Crippen LogP contribution in [-0.2, 0) is 0 Å². The molecule has 0 aliphatic heterocycles. The second-order valence-corrected chi connectivity index (χ2v) is 6.64. The van der Waals surface area contributed by atoms with E-state index < -0.39 is 0 Å². The van der Waals surface area contributed by atoms with E-state index in [1.807, 2.05) is 6.07 Å². The maximum absolute atomic E-state index is 12.6. The molecule has 0 unspecified atom stereocenters. The van der Waals surface area contributed by atoms with Crippen LogP contribution in [0.25, 0.3) is 0 Å². The predicted octanol–water partition coefficient (Wildman–Crippen LogP) is 3.26. The van der Waals surface area contributed by atoms with Gasteiger partial charge >= 0.3 is 0 Å². The van der Waals surface area contributed by atoms with Gasteiger partial charge in [0.2, 0.25) is 0 Å². The fourth-order valence-corrected chi connectivity index (χ4v) is 4.36. The number of benzene rings is 1. The highest BCUT2D eigenvalue weighted by Crippen LogP contribution is 2.49. The molecule has 1 aromatic carbocycles. The first-order valence-electron chi connectivity index (χ1n) is 8.16. The lowest BCUT2D eigenvalue weighted by Gasteiger charge is -2.28. The zero-order chi connectivity index (χ0) is 15.7. The second-order valence-electron chi connectivity index (χ2n) is 6.64. The SMILES string of the molecule is COc1cccc(C(=O)N[C@@H](C)[C@H]2C[C@H]3CC[C@H]2C3)c1OC. The van der Waals surface area contributed by atoms with Crippen molar-refractivity contribution >= 4 is 5.91 Å². The lowest BCUT2D eigenvalue weighted by Crippen LogP contribution is -2.40. The molecule has 0 radical (unpaired) electrons. The lowest BCUT2D eigenvalue weighted by molar-refractivity contribution is 0.0911. The standard InChI is InChI=1S/C18H25NO3/c1-11(15-10-12-7-8-13(15)9-12)19-18(20)14-5-4-6-16(21-2)17(14)22-3/h4-6,11-13,15H,7-10H2,1-3H3,(H,19,20)/t11-,12-,13-,15+/m0/s1. The summed E-state index contributed by atoms with van der Waals surface area (Å²) in [6, 6.07) is 5.61. The van der Waals surface area contributed by atoms with Gasteiger partial charge in [-0.1, -0.05) is 12.5 Å². The van der Waals surface area contributed by atoms with Crippen molar-refractivity contribution in [1.82, 2.24) is 5.32 Å². The Kier molecular flexibility index (Phi) is 4.27. The molecule has 2 bridgehead atoms. The van der Waals surface area contributed by atoms with Gasteiger partial charge in [-0.2, -0.15) is 0 Å². The third-order valence-electron chi connectivity index (χ3n) is 5.44. The fraction of sp³-hybridized carbons (Fsp3) is 0.611. The topological polar surface area (TPSA) is 47.6 Å².